The second-order valence-corrected chi connectivity index (χ2v) is 8.72. The van der Waals surface area contributed by atoms with E-state index < -0.39 is 16.1 Å². The summed E-state index contributed by atoms with van der Waals surface area (Å²) in [5, 5.41) is 0. The highest BCUT2D eigenvalue weighted by molar-refractivity contribution is 7.89. The number of hydrogen-bond donors (Lipinski definition) is 0. The molecule has 0 amide bonds. The van der Waals surface area contributed by atoms with Crippen molar-refractivity contribution < 1.29 is 12.8 Å². The predicted octanol–water partition coefficient (Wildman–Crippen LogP) is 4.47. The highest BCUT2D eigenvalue weighted by atomic mass is 32.2. The van der Waals surface area contributed by atoms with Crippen LogP contribution < -0.4 is 0 Å². The van der Waals surface area contributed by atoms with Crippen LogP contribution in [0.5, 0.6) is 0 Å². The van der Waals surface area contributed by atoms with Crippen molar-refractivity contribution in [2.45, 2.75) is 24.3 Å². The molecule has 27 heavy (non-hydrogen) atoms. The number of rotatable bonds is 3. The van der Waals surface area contributed by atoms with Crippen LogP contribution in [0.25, 0.3) is 0 Å². The summed E-state index contributed by atoms with van der Waals surface area (Å²) >= 11 is 0. The van der Waals surface area contributed by atoms with E-state index in [-0.39, 0.29) is 10.7 Å². The van der Waals surface area contributed by atoms with Crippen molar-refractivity contribution in [2.24, 2.45) is 0 Å². The van der Waals surface area contributed by atoms with Gasteiger partial charge in [0, 0.05) is 6.54 Å². The lowest BCUT2D eigenvalue weighted by Crippen LogP contribution is -2.40. The molecule has 0 spiro atoms. The van der Waals surface area contributed by atoms with E-state index in [0.717, 1.165) is 22.3 Å². The fraction of sp³-hybridized carbons (Fsp3) is 0.182. The van der Waals surface area contributed by atoms with Gasteiger partial charge in [0.2, 0.25) is 10.0 Å². The molecule has 1 aliphatic heterocycles. The van der Waals surface area contributed by atoms with Crippen LogP contribution in [0, 0.1) is 12.7 Å². The number of benzene rings is 3. The maximum atomic E-state index is 13.5. The SMILES string of the molecule is Cc1ccc(S(=O)(=O)N2CCc3ccccc3[C@H]2c2ccc(F)cc2)cc1. The summed E-state index contributed by atoms with van der Waals surface area (Å²) in [5.41, 5.74) is 3.85. The second-order valence-electron chi connectivity index (χ2n) is 6.83. The van der Waals surface area contributed by atoms with E-state index in [9.17, 15) is 12.8 Å². The van der Waals surface area contributed by atoms with Crippen molar-refractivity contribution in [3.63, 3.8) is 0 Å². The summed E-state index contributed by atoms with van der Waals surface area (Å²) in [5.74, 6) is -0.337. The average molecular weight is 381 g/mol. The third kappa shape index (κ3) is 3.29. The van der Waals surface area contributed by atoms with Gasteiger partial charge >= 0.3 is 0 Å². The Morgan fingerprint density at radius 3 is 2.30 bits per heavy atom. The molecule has 0 saturated heterocycles. The van der Waals surface area contributed by atoms with E-state index in [1.807, 2.05) is 31.2 Å². The number of hydrogen-bond acceptors (Lipinski definition) is 2. The van der Waals surface area contributed by atoms with E-state index >= 15 is 0 Å². The minimum atomic E-state index is -3.69. The minimum Gasteiger partial charge on any atom is -0.207 e. The molecule has 1 atom stereocenters. The lowest BCUT2D eigenvalue weighted by Gasteiger charge is -2.36. The molecule has 3 aromatic carbocycles. The van der Waals surface area contributed by atoms with Crippen molar-refractivity contribution in [1.29, 1.82) is 0 Å². The van der Waals surface area contributed by atoms with Crippen LogP contribution in [0.2, 0.25) is 0 Å². The first-order valence-corrected chi connectivity index (χ1v) is 10.3. The van der Waals surface area contributed by atoms with Gasteiger partial charge in [-0.2, -0.15) is 4.31 Å². The summed E-state index contributed by atoms with van der Waals surface area (Å²) in [7, 11) is -3.69. The molecule has 0 saturated carbocycles. The molecule has 1 aliphatic rings. The van der Waals surface area contributed by atoms with Gasteiger partial charge in [-0.3, -0.25) is 0 Å². The molecule has 3 aromatic rings. The van der Waals surface area contributed by atoms with Crippen LogP contribution in [0.3, 0.4) is 0 Å². The summed E-state index contributed by atoms with van der Waals surface area (Å²) in [6.07, 6.45) is 0.652. The molecule has 0 radical (unpaired) electrons. The molecule has 0 aliphatic carbocycles. The molecule has 138 valence electrons. The van der Waals surface area contributed by atoms with Crippen LogP contribution in [-0.2, 0) is 16.4 Å². The predicted molar refractivity (Wildman–Crippen MR) is 103 cm³/mol. The highest BCUT2D eigenvalue weighted by Gasteiger charge is 2.37. The Morgan fingerprint density at radius 2 is 1.59 bits per heavy atom. The molecule has 0 fully saturated rings. The summed E-state index contributed by atoms with van der Waals surface area (Å²) in [4.78, 5) is 0.277. The monoisotopic (exact) mass is 381 g/mol. The smallest absolute Gasteiger partial charge is 0.207 e. The zero-order chi connectivity index (χ0) is 19.0. The van der Waals surface area contributed by atoms with Crippen molar-refractivity contribution in [3.05, 3.63) is 101 Å². The van der Waals surface area contributed by atoms with Crippen molar-refractivity contribution in [3.8, 4) is 0 Å². The zero-order valence-corrected chi connectivity index (χ0v) is 15.8. The van der Waals surface area contributed by atoms with Gasteiger partial charge in [-0.1, -0.05) is 54.1 Å². The number of aryl methyl sites for hydroxylation is 1. The Hall–Kier alpha value is -2.50. The first kappa shape index (κ1) is 17.9. The summed E-state index contributed by atoms with van der Waals surface area (Å²) < 4.78 is 41.8. The van der Waals surface area contributed by atoms with E-state index in [2.05, 4.69) is 0 Å². The van der Waals surface area contributed by atoms with Crippen LogP contribution >= 0.6 is 0 Å². The van der Waals surface area contributed by atoms with E-state index in [4.69, 9.17) is 0 Å². The average Bonchev–Trinajstić information content (AvgIpc) is 2.68. The largest absolute Gasteiger partial charge is 0.243 e. The Bertz CT molecular complexity index is 1060. The van der Waals surface area contributed by atoms with Gasteiger partial charge in [-0.05, 0) is 54.3 Å². The zero-order valence-electron chi connectivity index (χ0n) is 15.0. The van der Waals surface area contributed by atoms with E-state index in [1.165, 1.54) is 16.4 Å². The van der Waals surface area contributed by atoms with Gasteiger partial charge in [-0.15, -0.1) is 0 Å². The Kier molecular flexibility index (Phi) is 4.58. The topological polar surface area (TPSA) is 37.4 Å². The van der Waals surface area contributed by atoms with Crippen LogP contribution in [0.15, 0.2) is 77.7 Å². The van der Waals surface area contributed by atoms with Gasteiger partial charge < -0.3 is 0 Å². The fourth-order valence-electron chi connectivity index (χ4n) is 3.64. The Labute approximate surface area is 159 Å². The highest BCUT2D eigenvalue weighted by Crippen LogP contribution is 2.38. The molecule has 0 bridgehead atoms. The molecule has 3 nitrogen and oxygen atoms in total. The molecule has 0 unspecified atom stereocenters. The number of nitrogens with zero attached hydrogens (tertiary/aromatic N) is 1. The third-order valence-electron chi connectivity index (χ3n) is 5.05. The van der Waals surface area contributed by atoms with Crippen molar-refractivity contribution in [1.82, 2.24) is 4.31 Å². The van der Waals surface area contributed by atoms with Gasteiger partial charge in [0.25, 0.3) is 0 Å². The summed E-state index contributed by atoms with van der Waals surface area (Å²) in [6.45, 7) is 2.31. The Balaban J connectivity index is 1.86. The lowest BCUT2D eigenvalue weighted by molar-refractivity contribution is 0.344. The van der Waals surface area contributed by atoms with Gasteiger partial charge in [0.1, 0.15) is 5.82 Å². The van der Waals surface area contributed by atoms with Gasteiger partial charge in [0.05, 0.1) is 10.9 Å². The normalized spacial score (nSPS) is 17.5. The first-order chi connectivity index (χ1) is 13.0. The molecule has 4 rings (SSSR count). The minimum absolute atomic E-state index is 0.277. The molecular weight excluding hydrogens is 361 g/mol. The molecule has 5 heteroatoms. The van der Waals surface area contributed by atoms with Crippen LogP contribution in [0.4, 0.5) is 4.39 Å². The van der Waals surface area contributed by atoms with Crippen molar-refractivity contribution in [2.75, 3.05) is 6.54 Å². The molecule has 1 heterocycles. The lowest BCUT2D eigenvalue weighted by atomic mass is 9.90. The summed E-state index contributed by atoms with van der Waals surface area (Å²) in [6, 6.07) is 20.4. The van der Waals surface area contributed by atoms with Crippen LogP contribution in [0.1, 0.15) is 28.3 Å². The second kappa shape index (κ2) is 6.91. The fourth-order valence-corrected chi connectivity index (χ4v) is 5.23. The first-order valence-electron chi connectivity index (χ1n) is 8.88. The molecule has 0 aromatic heterocycles. The quantitative estimate of drug-likeness (QED) is 0.671. The Morgan fingerprint density at radius 1 is 0.926 bits per heavy atom. The maximum absolute atomic E-state index is 13.5. The number of sulfonamides is 1. The number of fused-ring (bicyclic) bond motifs is 1. The number of halogens is 1. The third-order valence-corrected chi connectivity index (χ3v) is 6.93. The van der Waals surface area contributed by atoms with Crippen LogP contribution in [-0.4, -0.2) is 19.3 Å². The molecule has 0 N–H and O–H groups in total. The molecular formula is C22H20FNO2S. The standard InChI is InChI=1S/C22H20FNO2S/c1-16-6-12-20(13-7-16)27(25,26)24-15-14-17-4-2-3-5-21(17)22(24)18-8-10-19(23)11-9-18/h2-13,22H,14-15H2,1H3/t22-/m1/s1. The van der Waals surface area contributed by atoms with Crippen molar-refractivity contribution >= 4 is 10.0 Å². The van der Waals surface area contributed by atoms with E-state index in [1.54, 1.807) is 36.4 Å². The van der Waals surface area contributed by atoms with Gasteiger partial charge in [0.15, 0.2) is 0 Å². The maximum Gasteiger partial charge on any atom is 0.243 e. The van der Waals surface area contributed by atoms with E-state index in [0.29, 0.717) is 13.0 Å². The van der Waals surface area contributed by atoms with Gasteiger partial charge in [-0.25, -0.2) is 12.8 Å².